The third-order valence-electron chi connectivity index (χ3n) is 3.33. The normalized spacial score (nSPS) is 27.9. The van der Waals surface area contributed by atoms with Gasteiger partial charge in [-0.1, -0.05) is 0 Å². The van der Waals surface area contributed by atoms with Gasteiger partial charge in [-0.2, -0.15) is 5.10 Å². The molecule has 2 aliphatic rings. The summed E-state index contributed by atoms with van der Waals surface area (Å²) < 4.78 is 0. The monoisotopic (exact) mass is 192 g/mol. The number of hydrogen-bond donors (Lipinski definition) is 2. The zero-order valence-electron chi connectivity index (χ0n) is 8.29. The smallest absolute Gasteiger partial charge is 0.0539 e. The van der Waals surface area contributed by atoms with E-state index in [1.54, 1.807) is 0 Å². The van der Waals surface area contributed by atoms with Gasteiger partial charge in [0.1, 0.15) is 0 Å². The second kappa shape index (κ2) is 3.37. The molecule has 0 aliphatic carbocycles. The molecule has 0 radical (unpaired) electrons. The van der Waals surface area contributed by atoms with Crippen molar-refractivity contribution in [2.45, 2.75) is 25.4 Å². The van der Waals surface area contributed by atoms with Gasteiger partial charge >= 0.3 is 0 Å². The second-order valence-corrected chi connectivity index (χ2v) is 4.19. The Morgan fingerprint density at radius 2 is 2.21 bits per heavy atom. The van der Waals surface area contributed by atoms with E-state index in [0.717, 1.165) is 13.1 Å². The Hall–Kier alpha value is -0.870. The third kappa shape index (κ3) is 1.26. The Morgan fingerprint density at radius 3 is 3.07 bits per heavy atom. The molecule has 2 aliphatic heterocycles. The highest BCUT2D eigenvalue weighted by Gasteiger charge is 2.28. The second-order valence-electron chi connectivity index (χ2n) is 4.19. The van der Waals surface area contributed by atoms with Gasteiger partial charge in [-0.15, -0.1) is 0 Å². The first kappa shape index (κ1) is 8.44. The molecule has 0 amide bonds. The van der Waals surface area contributed by atoms with Gasteiger partial charge in [-0.25, -0.2) is 0 Å². The lowest BCUT2D eigenvalue weighted by Crippen LogP contribution is -2.37. The van der Waals surface area contributed by atoms with E-state index in [-0.39, 0.29) is 0 Å². The standard InChI is InChI=1S/C10H16N4/c1-2-4-14(3-1)10-7-11-6-9-8(10)5-12-13-9/h5,10-11H,1-4,6-7H2,(H,12,13). The fourth-order valence-corrected chi connectivity index (χ4v) is 2.57. The maximum Gasteiger partial charge on any atom is 0.0539 e. The highest BCUT2D eigenvalue weighted by Crippen LogP contribution is 2.28. The van der Waals surface area contributed by atoms with Gasteiger partial charge in [-0.3, -0.25) is 10.00 Å². The van der Waals surface area contributed by atoms with Crippen molar-refractivity contribution in [3.63, 3.8) is 0 Å². The van der Waals surface area contributed by atoms with Crippen molar-refractivity contribution in [1.29, 1.82) is 0 Å². The van der Waals surface area contributed by atoms with Crippen LogP contribution in [0.5, 0.6) is 0 Å². The highest BCUT2D eigenvalue weighted by atomic mass is 15.2. The highest BCUT2D eigenvalue weighted by molar-refractivity contribution is 5.24. The van der Waals surface area contributed by atoms with Crippen molar-refractivity contribution in [2.75, 3.05) is 19.6 Å². The minimum atomic E-state index is 0.556. The molecule has 1 fully saturated rings. The first-order valence-corrected chi connectivity index (χ1v) is 5.42. The summed E-state index contributed by atoms with van der Waals surface area (Å²) in [6.07, 6.45) is 4.70. The minimum absolute atomic E-state index is 0.556. The van der Waals surface area contributed by atoms with Crippen LogP contribution in [-0.2, 0) is 6.54 Å². The zero-order valence-corrected chi connectivity index (χ0v) is 8.29. The molecule has 1 saturated heterocycles. The van der Waals surface area contributed by atoms with Gasteiger partial charge in [0.15, 0.2) is 0 Å². The molecule has 0 aromatic carbocycles. The van der Waals surface area contributed by atoms with Crippen LogP contribution in [-0.4, -0.2) is 34.7 Å². The predicted molar refractivity (Wildman–Crippen MR) is 53.8 cm³/mol. The summed E-state index contributed by atoms with van der Waals surface area (Å²) in [4.78, 5) is 2.57. The molecular formula is C10H16N4. The largest absolute Gasteiger partial charge is 0.309 e. The predicted octanol–water partition coefficient (Wildman–Crippen LogP) is 0.650. The quantitative estimate of drug-likeness (QED) is 0.686. The molecule has 4 heteroatoms. The lowest BCUT2D eigenvalue weighted by atomic mass is 10.0. The van der Waals surface area contributed by atoms with E-state index in [0.29, 0.717) is 6.04 Å². The van der Waals surface area contributed by atoms with Crippen LogP contribution in [0.15, 0.2) is 6.20 Å². The van der Waals surface area contributed by atoms with Crippen LogP contribution in [0.4, 0.5) is 0 Å². The Labute approximate surface area is 83.7 Å². The van der Waals surface area contributed by atoms with Crippen LogP contribution in [0.1, 0.15) is 30.1 Å². The van der Waals surface area contributed by atoms with Gasteiger partial charge in [0.25, 0.3) is 0 Å². The molecule has 4 nitrogen and oxygen atoms in total. The molecule has 14 heavy (non-hydrogen) atoms. The van der Waals surface area contributed by atoms with Crippen molar-refractivity contribution in [2.24, 2.45) is 0 Å². The van der Waals surface area contributed by atoms with E-state index in [1.807, 2.05) is 6.20 Å². The van der Waals surface area contributed by atoms with Crippen molar-refractivity contribution in [3.05, 3.63) is 17.5 Å². The lowest BCUT2D eigenvalue weighted by Gasteiger charge is -2.31. The molecular weight excluding hydrogens is 176 g/mol. The Balaban J connectivity index is 1.88. The van der Waals surface area contributed by atoms with Gasteiger partial charge in [0.05, 0.1) is 17.9 Å². The van der Waals surface area contributed by atoms with Gasteiger partial charge < -0.3 is 5.32 Å². The topological polar surface area (TPSA) is 44.0 Å². The van der Waals surface area contributed by atoms with Crippen molar-refractivity contribution >= 4 is 0 Å². The molecule has 0 saturated carbocycles. The van der Waals surface area contributed by atoms with Crippen molar-refractivity contribution in [3.8, 4) is 0 Å². The fraction of sp³-hybridized carbons (Fsp3) is 0.700. The zero-order chi connectivity index (χ0) is 9.38. The van der Waals surface area contributed by atoms with Crippen LogP contribution in [0.2, 0.25) is 0 Å². The number of hydrogen-bond acceptors (Lipinski definition) is 3. The van der Waals surface area contributed by atoms with Crippen LogP contribution >= 0.6 is 0 Å². The molecule has 3 rings (SSSR count). The molecule has 1 aromatic heterocycles. The Bertz CT molecular complexity index is 314. The van der Waals surface area contributed by atoms with Gasteiger partial charge in [0.2, 0.25) is 0 Å². The average molecular weight is 192 g/mol. The summed E-state index contributed by atoms with van der Waals surface area (Å²) in [6, 6.07) is 0.556. The maximum absolute atomic E-state index is 4.13. The minimum Gasteiger partial charge on any atom is -0.309 e. The number of nitrogens with one attached hydrogen (secondary N) is 2. The third-order valence-corrected chi connectivity index (χ3v) is 3.33. The Kier molecular flexibility index (Phi) is 2.03. The van der Waals surface area contributed by atoms with E-state index in [4.69, 9.17) is 0 Å². The summed E-state index contributed by atoms with van der Waals surface area (Å²) in [7, 11) is 0. The van der Waals surface area contributed by atoms with E-state index in [9.17, 15) is 0 Å². The van der Waals surface area contributed by atoms with E-state index < -0.39 is 0 Å². The SMILES string of the molecule is c1n[nH]c2c1C(N1CCCC1)CNC2. The number of aromatic nitrogens is 2. The van der Waals surface area contributed by atoms with Gasteiger partial charge in [-0.05, 0) is 25.9 Å². The van der Waals surface area contributed by atoms with E-state index >= 15 is 0 Å². The molecule has 1 unspecified atom stereocenters. The number of H-pyrrole nitrogens is 1. The summed E-state index contributed by atoms with van der Waals surface area (Å²) in [5, 5.41) is 10.6. The first-order valence-electron chi connectivity index (χ1n) is 5.42. The summed E-state index contributed by atoms with van der Waals surface area (Å²) in [6.45, 7) is 4.51. The number of nitrogens with zero attached hydrogens (tertiary/aromatic N) is 2. The molecule has 76 valence electrons. The number of rotatable bonds is 1. The lowest BCUT2D eigenvalue weighted by molar-refractivity contribution is 0.228. The number of fused-ring (bicyclic) bond motifs is 1. The molecule has 2 N–H and O–H groups in total. The average Bonchev–Trinajstić information content (AvgIpc) is 2.88. The van der Waals surface area contributed by atoms with E-state index in [2.05, 4.69) is 20.4 Å². The molecule has 3 heterocycles. The summed E-state index contributed by atoms with van der Waals surface area (Å²) in [5.74, 6) is 0. The van der Waals surface area contributed by atoms with Crippen molar-refractivity contribution in [1.82, 2.24) is 20.4 Å². The van der Waals surface area contributed by atoms with Crippen LogP contribution in [0.25, 0.3) is 0 Å². The molecule has 0 bridgehead atoms. The Morgan fingerprint density at radius 1 is 1.36 bits per heavy atom. The molecule has 0 spiro atoms. The summed E-state index contributed by atoms with van der Waals surface area (Å²) >= 11 is 0. The van der Waals surface area contributed by atoms with Gasteiger partial charge in [0, 0.05) is 18.7 Å². The maximum atomic E-state index is 4.13. The van der Waals surface area contributed by atoms with Crippen LogP contribution in [0.3, 0.4) is 0 Å². The number of likely N-dealkylation sites (tertiary alicyclic amines) is 1. The van der Waals surface area contributed by atoms with Crippen LogP contribution < -0.4 is 5.32 Å². The van der Waals surface area contributed by atoms with E-state index in [1.165, 1.54) is 37.2 Å². The fourth-order valence-electron chi connectivity index (χ4n) is 2.57. The molecule has 1 aromatic rings. The number of aromatic amines is 1. The molecule has 1 atom stereocenters. The first-order chi connectivity index (χ1) is 6.95. The summed E-state index contributed by atoms with van der Waals surface area (Å²) in [5.41, 5.74) is 2.68. The van der Waals surface area contributed by atoms with Crippen LogP contribution in [0, 0.1) is 0 Å². The van der Waals surface area contributed by atoms with Crippen molar-refractivity contribution < 1.29 is 0 Å².